The highest BCUT2D eigenvalue weighted by molar-refractivity contribution is 6.20. The van der Waals surface area contributed by atoms with Gasteiger partial charge in [-0.05, 0) is 55.0 Å². The number of rotatable bonds is 9. The number of hydrogen-bond donors (Lipinski definition) is 1. The quantitative estimate of drug-likeness (QED) is 0.260. The summed E-state index contributed by atoms with van der Waals surface area (Å²) in [5, 5.41) is 8.99. The maximum atomic E-state index is 14.3. The van der Waals surface area contributed by atoms with Gasteiger partial charge < -0.3 is 19.1 Å². The van der Waals surface area contributed by atoms with Crippen molar-refractivity contribution in [2.24, 2.45) is 5.92 Å². The van der Waals surface area contributed by atoms with Crippen molar-refractivity contribution < 1.29 is 28.2 Å². The smallest absolute Gasteiger partial charge is 0.341 e. The Bertz CT molecular complexity index is 1420. The van der Waals surface area contributed by atoms with Gasteiger partial charge in [-0.15, -0.1) is 11.6 Å². The van der Waals surface area contributed by atoms with Crippen LogP contribution in [-0.2, 0) is 11.3 Å². The second-order valence-corrected chi connectivity index (χ2v) is 9.80. The van der Waals surface area contributed by atoms with Crippen LogP contribution < -0.4 is 9.47 Å². The molecular weight excluding hydrogens is 502 g/mol. The molecule has 6 nitrogen and oxygen atoms in total. The second kappa shape index (κ2) is 10.8. The normalized spacial score (nSPS) is 17.3. The molecule has 1 heterocycles. The standard InChI is InChI=1S/C28H25ClF2N2O4/c29-19-8-5-18(11-19)15-37-26-4-2-1-3-21(26)28-32-24-12-22(30)23(31)13-25(24)33(28)14-17-6-9-20(10-7-17)36-16-27(34)35/h1-4,6-7,9-10,12-13,18-19H,5,8,11,14-16H2,(H,34,35). The van der Waals surface area contributed by atoms with Gasteiger partial charge in [-0.1, -0.05) is 24.3 Å². The molecular formula is C28H25ClF2N2O4. The molecule has 192 valence electrons. The van der Waals surface area contributed by atoms with E-state index in [1.54, 1.807) is 24.3 Å². The third kappa shape index (κ3) is 5.69. The molecule has 2 atom stereocenters. The van der Waals surface area contributed by atoms with Gasteiger partial charge in [0.2, 0.25) is 0 Å². The minimum atomic E-state index is -1.07. The number of fused-ring (bicyclic) bond motifs is 1. The average Bonchev–Trinajstić information content (AvgIpc) is 3.45. The molecule has 2 unspecified atom stereocenters. The number of imidazole rings is 1. The topological polar surface area (TPSA) is 73.6 Å². The van der Waals surface area contributed by atoms with E-state index >= 15 is 0 Å². The molecule has 1 aliphatic carbocycles. The van der Waals surface area contributed by atoms with Crippen LogP contribution in [0.5, 0.6) is 11.5 Å². The van der Waals surface area contributed by atoms with E-state index in [1.807, 2.05) is 28.8 Å². The maximum Gasteiger partial charge on any atom is 0.341 e. The van der Waals surface area contributed by atoms with Crippen LogP contribution in [-0.4, -0.2) is 39.2 Å². The van der Waals surface area contributed by atoms with Gasteiger partial charge in [-0.25, -0.2) is 18.6 Å². The molecule has 0 radical (unpaired) electrons. The van der Waals surface area contributed by atoms with E-state index in [2.05, 4.69) is 4.98 Å². The SMILES string of the molecule is O=C(O)COc1ccc(Cn2c(-c3ccccc3OCC3CCC(Cl)C3)nc3cc(F)c(F)cc32)cc1. The van der Waals surface area contributed by atoms with E-state index in [4.69, 9.17) is 26.2 Å². The Hall–Kier alpha value is -3.65. The van der Waals surface area contributed by atoms with Gasteiger partial charge >= 0.3 is 5.97 Å². The first-order valence-electron chi connectivity index (χ1n) is 12.0. The van der Waals surface area contributed by atoms with Crippen LogP contribution in [0.2, 0.25) is 0 Å². The maximum absolute atomic E-state index is 14.3. The van der Waals surface area contributed by atoms with Gasteiger partial charge in [-0.3, -0.25) is 0 Å². The highest BCUT2D eigenvalue weighted by Crippen LogP contribution is 2.35. The summed E-state index contributed by atoms with van der Waals surface area (Å²) in [5.74, 6) is -1.05. The van der Waals surface area contributed by atoms with Crippen LogP contribution in [0.1, 0.15) is 24.8 Å². The Kier molecular flexibility index (Phi) is 7.28. The number of carboxylic acids is 1. The number of aliphatic carboxylic acids is 1. The van der Waals surface area contributed by atoms with Crippen molar-refractivity contribution in [2.75, 3.05) is 13.2 Å². The van der Waals surface area contributed by atoms with Crippen LogP contribution in [0.15, 0.2) is 60.7 Å². The summed E-state index contributed by atoms with van der Waals surface area (Å²) in [7, 11) is 0. The Morgan fingerprint density at radius 2 is 1.81 bits per heavy atom. The molecule has 1 aromatic heterocycles. The van der Waals surface area contributed by atoms with Crippen molar-refractivity contribution in [3.8, 4) is 22.9 Å². The summed E-state index contributed by atoms with van der Waals surface area (Å²) < 4.78 is 41.6. The zero-order valence-electron chi connectivity index (χ0n) is 19.9. The van der Waals surface area contributed by atoms with E-state index in [0.29, 0.717) is 53.0 Å². The van der Waals surface area contributed by atoms with Gasteiger partial charge in [0, 0.05) is 24.1 Å². The van der Waals surface area contributed by atoms with Crippen molar-refractivity contribution in [1.29, 1.82) is 0 Å². The van der Waals surface area contributed by atoms with Gasteiger partial charge in [0.05, 0.1) is 23.2 Å². The molecule has 4 aromatic rings. The van der Waals surface area contributed by atoms with E-state index in [1.165, 1.54) is 0 Å². The number of aromatic nitrogens is 2. The molecule has 0 amide bonds. The van der Waals surface area contributed by atoms with Crippen LogP contribution in [0.3, 0.4) is 0 Å². The highest BCUT2D eigenvalue weighted by Gasteiger charge is 2.24. The summed E-state index contributed by atoms with van der Waals surface area (Å²) in [5.41, 5.74) is 2.31. The molecule has 1 fully saturated rings. The van der Waals surface area contributed by atoms with Crippen molar-refractivity contribution in [1.82, 2.24) is 9.55 Å². The summed E-state index contributed by atoms with van der Waals surface area (Å²) in [6.07, 6.45) is 2.90. The molecule has 3 aromatic carbocycles. The number of carbonyl (C=O) groups is 1. The Morgan fingerprint density at radius 3 is 2.54 bits per heavy atom. The summed E-state index contributed by atoms with van der Waals surface area (Å²) in [4.78, 5) is 15.4. The number of ether oxygens (including phenoxy) is 2. The van der Waals surface area contributed by atoms with Gasteiger partial charge in [0.15, 0.2) is 18.2 Å². The third-order valence-electron chi connectivity index (χ3n) is 6.50. The fourth-order valence-electron chi connectivity index (χ4n) is 4.65. The number of benzene rings is 3. The predicted octanol–water partition coefficient (Wildman–Crippen LogP) is 6.28. The van der Waals surface area contributed by atoms with Gasteiger partial charge in [0.1, 0.15) is 17.3 Å². The Morgan fingerprint density at radius 1 is 1.05 bits per heavy atom. The van der Waals surface area contributed by atoms with Gasteiger partial charge in [-0.2, -0.15) is 0 Å². The molecule has 0 aliphatic heterocycles. The van der Waals surface area contributed by atoms with Crippen LogP contribution in [0.25, 0.3) is 22.4 Å². The number of alkyl halides is 1. The zero-order chi connectivity index (χ0) is 25.9. The van der Waals surface area contributed by atoms with E-state index in [0.717, 1.165) is 37.0 Å². The average molecular weight is 527 g/mol. The predicted molar refractivity (Wildman–Crippen MR) is 136 cm³/mol. The van der Waals surface area contributed by atoms with E-state index in [-0.39, 0.29) is 5.38 Å². The highest BCUT2D eigenvalue weighted by atomic mass is 35.5. The first-order chi connectivity index (χ1) is 17.9. The molecule has 0 saturated heterocycles. The number of hydrogen-bond acceptors (Lipinski definition) is 4. The fraction of sp³-hybridized carbons (Fsp3) is 0.286. The van der Waals surface area contributed by atoms with Crippen molar-refractivity contribution >= 4 is 28.6 Å². The Balaban J connectivity index is 1.50. The molecule has 0 spiro atoms. The molecule has 5 rings (SSSR count). The van der Waals surface area contributed by atoms with Crippen LogP contribution in [0.4, 0.5) is 8.78 Å². The van der Waals surface area contributed by atoms with Crippen LogP contribution >= 0.6 is 11.6 Å². The lowest BCUT2D eigenvalue weighted by atomic mass is 10.1. The largest absolute Gasteiger partial charge is 0.493 e. The lowest BCUT2D eigenvalue weighted by molar-refractivity contribution is -0.139. The number of nitrogens with zero attached hydrogens (tertiary/aromatic N) is 2. The molecule has 0 bridgehead atoms. The summed E-state index contributed by atoms with van der Waals surface area (Å²) in [6.45, 7) is 0.395. The lowest BCUT2D eigenvalue weighted by Crippen LogP contribution is -2.10. The third-order valence-corrected chi connectivity index (χ3v) is 6.89. The van der Waals surface area contributed by atoms with Crippen LogP contribution in [0, 0.1) is 17.6 Å². The minimum Gasteiger partial charge on any atom is -0.493 e. The number of carboxylic acid groups (broad SMARTS) is 1. The number of para-hydroxylation sites is 1. The lowest BCUT2D eigenvalue weighted by Gasteiger charge is -2.16. The summed E-state index contributed by atoms with van der Waals surface area (Å²) >= 11 is 6.26. The Labute approximate surface area is 217 Å². The first-order valence-corrected chi connectivity index (χ1v) is 12.5. The summed E-state index contributed by atoms with van der Waals surface area (Å²) in [6, 6.07) is 16.6. The molecule has 37 heavy (non-hydrogen) atoms. The zero-order valence-corrected chi connectivity index (χ0v) is 20.6. The van der Waals surface area contributed by atoms with Crippen molar-refractivity contribution in [3.05, 3.63) is 77.9 Å². The fourth-order valence-corrected chi connectivity index (χ4v) is 5.03. The van der Waals surface area contributed by atoms with Gasteiger partial charge in [0.25, 0.3) is 0 Å². The second-order valence-electron chi connectivity index (χ2n) is 9.19. The van der Waals surface area contributed by atoms with Crippen molar-refractivity contribution in [3.63, 3.8) is 0 Å². The number of halogens is 3. The first kappa shape index (κ1) is 25.0. The molecule has 1 N–H and O–H groups in total. The minimum absolute atomic E-state index is 0.179. The monoisotopic (exact) mass is 526 g/mol. The molecule has 1 aliphatic rings. The molecule has 1 saturated carbocycles. The van der Waals surface area contributed by atoms with E-state index in [9.17, 15) is 13.6 Å². The molecule has 9 heteroatoms. The van der Waals surface area contributed by atoms with E-state index < -0.39 is 24.2 Å². The van der Waals surface area contributed by atoms with Crippen molar-refractivity contribution in [2.45, 2.75) is 31.2 Å².